The molecule has 4 N–H and O–H groups in total. The fourth-order valence-electron chi connectivity index (χ4n) is 8.92. The van der Waals surface area contributed by atoms with Gasteiger partial charge in [0, 0.05) is 65.6 Å². The molecule has 2 saturated carbocycles. The number of nitrogen functional groups attached to an aromatic ring is 2. The van der Waals surface area contributed by atoms with E-state index in [2.05, 4.69) is 28.3 Å². The van der Waals surface area contributed by atoms with Crippen LogP contribution in [0.2, 0.25) is 10.0 Å². The number of fused-ring (bicyclic) bond motifs is 2. The van der Waals surface area contributed by atoms with E-state index in [4.69, 9.17) is 64.7 Å². The van der Waals surface area contributed by atoms with Crippen LogP contribution in [-0.4, -0.2) is 49.5 Å². The molecule has 6 aromatic heterocycles. The molecule has 6 heterocycles. The SMILES string of the molecule is Cn1ccc(-c2nc(N)c(C3CCCCC3)nc2-c2cc(Cl)c3ncc(Cn4ccc(-c5nc(N)c(C6CCCC6)nc5-c5cc(Cl)c6ncccc6c5)n4)cc3c2)n1. The Kier molecular flexibility index (Phi) is 9.68. The Hall–Kier alpha value is -5.98. The van der Waals surface area contributed by atoms with Crippen LogP contribution >= 0.6 is 23.2 Å². The monoisotopic (exact) mass is 820 g/mol. The minimum Gasteiger partial charge on any atom is -0.382 e. The van der Waals surface area contributed by atoms with Gasteiger partial charge in [0.1, 0.15) is 34.4 Å². The molecule has 0 bridgehead atoms. The second kappa shape index (κ2) is 15.3. The number of hydrogen-bond donors (Lipinski definition) is 2. The quantitative estimate of drug-likeness (QED) is 0.151. The number of hydrogen-bond acceptors (Lipinski definition) is 10. The molecule has 296 valence electrons. The lowest BCUT2D eigenvalue weighted by Gasteiger charge is -2.23. The van der Waals surface area contributed by atoms with E-state index in [1.54, 1.807) is 10.9 Å². The van der Waals surface area contributed by atoms with Gasteiger partial charge in [-0.15, -0.1) is 0 Å². The molecule has 0 aliphatic heterocycles. The van der Waals surface area contributed by atoms with Crippen LogP contribution in [0.15, 0.2) is 79.4 Å². The van der Waals surface area contributed by atoms with Gasteiger partial charge in [0.25, 0.3) is 0 Å². The van der Waals surface area contributed by atoms with Crippen LogP contribution in [-0.2, 0) is 13.6 Å². The number of nitrogens with two attached hydrogens (primary N) is 2. The van der Waals surface area contributed by atoms with Gasteiger partial charge in [-0.1, -0.05) is 61.4 Å². The van der Waals surface area contributed by atoms with Gasteiger partial charge in [0.15, 0.2) is 0 Å². The Bertz CT molecular complexity index is 2890. The van der Waals surface area contributed by atoms with Crippen molar-refractivity contribution in [2.45, 2.75) is 76.2 Å². The van der Waals surface area contributed by atoms with Gasteiger partial charge in [-0.2, -0.15) is 10.2 Å². The second-order valence-electron chi connectivity index (χ2n) is 15.9. The minimum absolute atomic E-state index is 0.266. The van der Waals surface area contributed by atoms with Crippen molar-refractivity contribution in [2.24, 2.45) is 7.05 Å². The molecule has 2 fully saturated rings. The second-order valence-corrected chi connectivity index (χ2v) is 16.7. The number of aromatic nitrogens is 10. The van der Waals surface area contributed by atoms with Gasteiger partial charge in [0.05, 0.1) is 50.4 Å². The first-order valence-electron chi connectivity index (χ1n) is 20.3. The number of halogens is 2. The normalized spacial score (nSPS) is 15.2. The van der Waals surface area contributed by atoms with Crippen LogP contribution in [0.25, 0.3) is 67.1 Å². The molecule has 0 unspecified atom stereocenters. The van der Waals surface area contributed by atoms with Crippen molar-refractivity contribution < 1.29 is 0 Å². The van der Waals surface area contributed by atoms with E-state index >= 15 is 0 Å². The van der Waals surface area contributed by atoms with Gasteiger partial charge < -0.3 is 11.5 Å². The lowest BCUT2D eigenvalue weighted by molar-refractivity contribution is 0.437. The lowest BCUT2D eigenvalue weighted by Crippen LogP contribution is -2.12. The van der Waals surface area contributed by atoms with E-state index in [9.17, 15) is 0 Å². The zero-order valence-electron chi connectivity index (χ0n) is 32.6. The highest BCUT2D eigenvalue weighted by Crippen LogP contribution is 2.41. The topological polar surface area (TPSA) is 165 Å². The predicted octanol–water partition coefficient (Wildman–Crippen LogP) is 10.2. The lowest BCUT2D eigenvalue weighted by atomic mass is 9.86. The summed E-state index contributed by atoms with van der Waals surface area (Å²) >= 11 is 13.8. The average Bonchev–Trinajstić information content (AvgIpc) is 4.04. The number of benzene rings is 2. The predicted molar refractivity (Wildman–Crippen MR) is 234 cm³/mol. The van der Waals surface area contributed by atoms with Crippen LogP contribution in [0.4, 0.5) is 11.6 Å². The number of anilines is 2. The highest BCUT2D eigenvalue weighted by atomic mass is 35.5. The zero-order chi connectivity index (χ0) is 40.2. The molecule has 14 heteroatoms. The largest absolute Gasteiger partial charge is 0.382 e. The molecule has 0 spiro atoms. The van der Waals surface area contributed by atoms with E-state index < -0.39 is 0 Å². The van der Waals surface area contributed by atoms with E-state index in [0.717, 1.165) is 95.7 Å². The molecular formula is C45H42Cl2N12. The third-order valence-corrected chi connectivity index (χ3v) is 12.4. The fraction of sp³-hybridized carbons (Fsp3) is 0.289. The van der Waals surface area contributed by atoms with Crippen molar-refractivity contribution in [3.8, 4) is 45.3 Å². The molecule has 2 aliphatic rings. The summed E-state index contributed by atoms with van der Waals surface area (Å²) in [5.74, 6) is 1.43. The Morgan fingerprint density at radius 2 is 1.20 bits per heavy atom. The fourth-order valence-corrected chi connectivity index (χ4v) is 9.47. The molecule has 59 heavy (non-hydrogen) atoms. The molecule has 2 aromatic carbocycles. The first kappa shape index (κ1) is 37.3. The minimum atomic E-state index is 0.266. The molecule has 12 nitrogen and oxygen atoms in total. The number of nitrogens with zero attached hydrogens (tertiary/aromatic N) is 10. The molecule has 0 radical (unpaired) electrons. The summed E-state index contributed by atoms with van der Waals surface area (Å²) in [5.41, 5.74) is 22.9. The van der Waals surface area contributed by atoms with E-state index in [0.29, 0.717) is 67.9 Å². The maximum absolute atomic E-state index is 6.98. The van der Waals surface area contributed by atoms with Gasteiger partial charge in [-0.05, 0) is 79.8 Å². The Labute approximate surface area is 351 Å². The third kappa shape index (κ3) is 7.14. The molecule has 0 amide bonds. The number of pyridine rings is 2. The van der Waals surface area contributed by atoms with Crippen LogP contribution in [0.5, 0.6) is 0 Å². The summed E-state index contributed by atoms with van der Waals surface area (Å²) in [6.07, 6.45) is 17.4. The van der Waals surface area contributed by atoms with Crippen molar-refractivity contribution >= 4 is 56.6 Å². The van der Waals surface area contributed by atoms with Crippen molar-refractivity contribution in [1.29, 1.82) is 0 Å². The first-order valence-corrected chi connectivity index (χ1v) is 21.0. The highest BCUT2D eigenvalue weighted by molar-refractivity contribution is 6.36. The van der Waals surface area contributed by atoms with Crippen molar-refractivity contribution in [3.05, 3.63) is 106 Å². The van der Waals surface area contributed by atoms with Crippen LogP contribution in [0.3, 0.4) is 0 Å². The zero-order valence-corrected chi connectivity index (χ0v) is 34.1. The number of aryl methyl sites for hydroxylation is 1. The summed E-state index contributed by atoms with van der Waals surface area (Å²) in [6.45, 7) is 0.448. The van der Waals surface area contributed by atoms with Gasteiger partial charge >= 0.3 is 0 Å². The molecule has 0 saturated heterocycles. The number of rotatable bonds is 8. The van der Waals surface area contributed by atoms with Gasteiger partial charge in [0.2, 0.25) is 0 Å². The van der Waals surface area contributed by atoms with E-state index in [-0.39, 0.29) is 11.8 Å². The molecule has 0 atom stereocenters. The summed E-state index contributed by atoms with van der Waals surface area (Å²) < 4.78 is 3.62. The molecule has 8 aromatic rings. The van der Waals surface area contributed by atoms with Gasteiger partial charge in [-0.3, -0.25) is 19.3 Å². The Morgan fingerprint density at radius 1 is 0.627 bits per heavy atom. The van der Waals surface area contributed by atoms with Gasteiger partial charge in [-0.25, -0.2) is 19.9 Å². The molecule has 10 rings (SSSR count). The summed E-state index contributed by atoms with van der Waals surface area (Å²) in [7, 11) is 1.88. The van der Waals surface area contributed by atoms with Crippen LogP contribution in [0, 0.1) is 0 Å². The summed E-state index contributed by atoms with van der Waals surface area (Å²) in [5, 5.41) is 12.5. The summed E-state index contributed by atoms with van der Waals surface area (Å²) in [4.78, 5) is 29.7. The van der Waals surface area contributed by atoms with E-state index in [1.807, 2.05) is 66.7 Å². The van der Waals surface area contributed by atoms with Crippen LogP contribution < -0.4 is 11.5 Å². The van der Waals surface area contributed by atoms with Crippen LogP contribution in [0.1, 0.15) is 86.6 Å². The van der Waals surface area contributed by atoms with E-state index in [1.165, 1.54) is 6.42 Å². The Balaban J connectivity index is 1.02. The third-order valence-electron chi connectivity index (χ3n) is 11.8. The smallest absolute Gasteiger partial charge is 0.146 e. The standard InChI is InChI=1S/C45H42Cl2N12/c1-58-16-13-34(56-58)42-39(53-40(44(48)54-42)26-8-3-2-4-9-26)31-20-29-18-25(23-51-37(29)33(47)22-31)24-59-17-14-35(57-59)43-38(52-41(45(49)55-43)27-10-5-6-11-27)30-19-28-12-7-15-50-36(28)32(46)21-30/h7,12-23,26-27H,2-6,8-11,24H2,1H3,(H2,48,54)(H2,49,55). The first-order chi connectivity index (χ1) is 28.8. The van der Waals surface area contributed by atoms with Crippen molar-refractivity contribution in [1.82, 2.24) is 49.5 Å². The molecule has 2 aliphatic carbocycles. The Morgan fingerprint density at radius 3 is 1.83 bits per heavy atom. The maximum atomic E-state index is 6.98. The molecular weight excluding hydrogens is 779 g/mol. The van der Waals surface area contributed by atoms with Crippen molar-refractivity contribution in [2.75, 3.05) is 11.5 Å². The average molecular weight is 822 g/mol. The highest BCUT2D eigenvalue weighted by Gasteiger charge is 2.27. The summed E-state index contributed by atoms with van der Waals surface area (Å²) in [6, 6.07) is 17.8. The van der Waals surface area contributed by atoms with Crippen molar-refractivity contribution in [3.63, 3.8) is 0 Å². The maximum Gasteiger partial charge on any atom is 0.146 e.